The van der Waals surface area contributed by atoms with Gasteiger partial charge in [0.1, 0.15) is 34.5 Å². The average Bonchev–Trinajstić information content (AvgIpc) is 2.98. The molecule has 2 aliphatic rings. The third-order valence-corrected chi connectivity index (χ3v) is 8.00. The van der Waals surface area contributed by atoms with E-state index in [-0.39, 0.29) is 39.9 Å². The van der Waals surface area contributed by atoms with Crippen LogP contribution < -0.4 is 25.2 Å². The van der Waals surface area contributed by atoms with E-state index < -0.39 is 11.9 Å². The van der Waals surface area contributed by atoms with E-state index in [1.165, 1.54) is 19.4 Å². The monoisotopic (exact) mass is 535 g/mol. The highest BCUT2D eigenvalue weighted by Crippen LogP contribution is 2.46. The Balaban J connectivity index is 1.49. The number of benzene rings is 3. The molecule has 0 bridgehead atoms. The smallest absolute Gasteiger partial charge is 0.312 e. The van der Waals surface area contributed by atoms with Crippen LogP contribution in [-0.4, -0.2) is 24.8 Å². The van der Waals surface area contributed by atoms with Gasteiger partial charge in [0, 0.05) is 29.7 Å². The molecule has 0 fully saturated rings. The van der Waals surface area contributed by atoms with Gasteiger partial charge in [-0.3, -0.25) is 14.4 Å². The van der Waals surface area contributed by atoms with Crippen LogP contribution in [0.15, 0.2) is 74.9 Å². The molecule has 0 radical (unpaired) electrons. The van der Waals surface area contributed by atoms with Crippen LogP contribution in [-0.2, 0) is 17.8 Å². The highest BCUT2D eigenvalue weighted by atomic mass is 16.5. The van der Waals surface area contributed by atoms with Gasteiger partial charge in [-0.15, -0.1) is 0 Å². The molecule has 8 nitrogen and oxygen atoms in total. The number of hydrogen-bond donors (Lipinski definition) is 0. The lowest BCUT2D eigenvalue weighted by Gasteiger charge is -2.27. The number of aryl methyl sites for hydroxylation is 2. The summed E-state index contributed by atoms with van der Waals surface area (Å²) in [6.07, 6.45) is 3.13. The normalized spacial score (nSPS) is 16.1. The summed E-state index contributed by atoms with van der Waals surface area (Å²) in [6.45, 7) is 0.605. The van der Waals surface area contributed by atoms with Crippen LogP contribution in [0.3, 0.4) is 0 Å². The van der Waals surface area contributed by atoms with Crippen LogP contribution in [0.25, 0.3) is 33.0 Å². The number of ether oxygens (including phenoxy) is 3. The maximum atomic E-state index is 13.9. The lowest BCUT2D eigenvalue weighted by molar-refractivity contribution is -0.135. The van der Waals surface area contributed by atoms with Gasteiger partial charge in [0.2, 0.25) is 5.43 Å². The molecule has 0 N–H and O–H groups in total. The number of rotatable bonds is 4. The number of para-hydroxylation sites is 1. The molecule has 40 heavy (non-hydrogen) atoms. The Morgan fingerprint density at radius 1 is 0.975 bits per heavy atom. The lowest BCUT2D eigenvalue weighted by Crippen LogP contribution is -2.31. The number of nitrogens with zero attached hydrogens (tertiary/aromatic N) is 1. The summed E-state index contributed by atoms with van der Waals surface area (Å²) in [5.41, 5.74) is 3.84. The maximum absolute atomic E-state index is 13.9. The fraction of sp³-hybridized carbons (Fsp3) is 0.219. The van der Waals surface area contributed by atoms with Gasteiger partial charge in [0.05, 0.1) is 31.7 Å². The minimum absolute atomic E-state index is 0.0567. The summed E-state index contributed by atoms with van der Waals surface area (Å²) in [4.78, 5) is 40.6. The second kappa shape index (κ2) is 9.12. The standard InChI is InChI=1S/C32H25NO7/c1-37-20-10-8-17(9-11-20)23-16-39-31-27-21(14-26(34)40-25(27)15-24(38-2)28(31)30(23)35)22-13-19-6-3-5-18-7-4-12-33(29(18)19)32(22)36/h3,5-6,8-11,13,15-16,21H,4,7,12,14H2,1-2H3/t21-/m1/s1. The Hall–Kier alpha value is -4.85. The summed E-state index contributed by atoms with van der Waals surface area (Å²) < 4.78 is 24.4. The molecule has 2 aliphatic heterocycles. The first-order valence-electron chi connectivity index (χ1n) is 13.2. The van der Waals surface area contributed by atoms with Crippen molar-refractivity contribution in [1.82, 2.24) is 4.57 Å². The van der Waals surface area contributed by atoms with Crippen molar-refractivity contribution in [1.29, 1.82) is 0 Å². The van der Waals surface area contributed by atoms with Gasteiger partial charge in [-0.1, -0.05) is 30.3 Å². The number of pyridine rings is 1. The van der Waals surface area contributed by atoms with Crippen molar-refractivity contribution in [2.24, 2.45) is 0 Å². The van der Waals surface area contributed by atoms with Crippen LogP contribution >= 0.6 is 0 Å². The van der Waals surface area contributed by atoms with Crippen molar-refractivity contribution >= 4 is 27.8 Å². The van der Waals surface area contributed by atoms with E-state index in [1.54, 1.807) is 31.4 Å². The van der Waals surface area contributed by atoms with Gasteiger partial charge in [-0.2, -0.15) is 0 Å². The zero-order valence-corrected chi connectivity index (χ0v) is 22.0. The molecule has 0 aliphatic carbocycles. The molecule has 0 unspecified atom stereocenters. The first-order valence-corrected chi connectivity index (χ1v) is 13.2. The molecule has 0 saturated heterocycles. The van der Waals surface area contributed by atoms with Crippen molar-refractivity contribution in [2.75, 3.05) is 14.2 Å². The van der Waals surface area contributed by atoms with Crippen LogP contribution in [0.1, 0.15) is 35.4 Å². The highest BCUT2D eigenvalue weighted by Gasteiger charge is 2.36. The molecule has 3 aromatic carbocycles. The fourth-order valence-corrected chi connectivity index (χ4v) is 6.15. The van der Waals surface area contributed by atoms with Gasteiger partial charge in [0.25, 0.3) is 5.56 Å². The average molecular weight is 536 g/mol. The second-order valence-corrected chi connectivity index (χ2v) is 10.1. The largest absolute Gasteiger partial charge is 0.497 e. The van der Waals surface area contributed by atoms with Gasteiger partial charge in [0.15, 0.2) is 0 Å². The first-order chi connectivity index (χ1) is 19.5. The molecule has 0 amide bonds. The molecule has 0 saturated carbocycles. The van der Waals surface area contributed by atoms with Gasteiger partial charge < -0.3 is 23.2 Å². The molecule has 2 aromatic heterocycles. The number of methoxy groups -OCH3 is 2. The number of fused-ring (bicyclic) bond motifs is 3. The molecule has 8 heteroatoms. The number of hydrogen-bond acceptors (Lipinski definition) is 7. The number of aromatic nitrogens is 1. The van der Waals surface area contributed by atoms with Crippen LogP contribution in [0.4, 0.5) is 0 Å². The molecule has 7 rings (SSSR count). The van der Waals surface area contributed by atoms with E-state index in [0.29, 0.717) is 34.5 Å². The van der Waals surface area contributed by atoms with E-state index in [9.17, 15) is 14.4 Å². The Kier molecular flexibility index (Phi) is 5.52. The third-order valence-electron chi connectivity index (χ3n) is 8.00. The zero-order valence-electron chi connectivity index (χ0n) is 22.0. The third kappa shape index (κ3) is 3.56. The molecule has 0 spiro atoms. The fourth-order valence-electron chi connectivity index (χ4n) is 6.15. The van der Waals surface area contributed by atoms with E-state index in [2.05, 4.69) is 6.07 Å². The molecular formula is C32H25NO7. The van der Waals surface area contributed by atoms with Crippen molar-refractivity contribution in [3.05, 3.63) is 98.1 Å². The van der Waals surface area contributed by atoms with Crippen molar-refractivity contribution in [3.63, 3.8) is 0 Å². The molecule has 4 heterocycles. The summed E-state index contributed by atoms with van der Waals surface area (Å²) in [5, 5.41) is 1.16. The number of esters is 1. The Morgan fingerprint density at radius 2 is 1.80 bits per heavy atom. The van der Waals surface area contributed by atoms with E-state index >= 15 is 0 Å². The van der Waals surface area contributed by atoms with Gasteiger partial charge in [-0.05, 0) is 47.6 Å². The molecule has 5 aromatic rings. The Labute approximate surface area is 228 Å². The number of carbonyl (C=O) groups excluding carboxylic acids is 1. The number of carbonyl (C=O) groups is 1. The Bertz CT molecular complexity index is 1970. The van der Waals surface area contributed by atoms with Crippen molar-refractivity contribution in [2.45, 2.75) is 31.7 Å². The molecule has 1 atom stereocenters. The van der Waals surface area contributed by atoms with Gasteiger partial charge in [-0.25, -0.2) is 0 Å². The summed E-state index contributed by atoms with van der Waals surface area (Å²) in [7, 11) is 3.02. The SMILES string of the molecule is COc1ccc(-c2coc3c4c(cc(OC)c3c2=O)OC(=O)C[C@@H]4c2cc3cccc4c3n(c2=O)CCC4)cc1. The van der Waals surface area contributed by atoms with Crippen LogP contribution in [0.2, 0.25) is 0 Å². The first kappa shape index (κ1) is 24.2. The summed E-state index contributed by atoms with van der Waals surface area (Å²) in [6, 6.07) is 16.5. The van der Waals surface area contributed by atoms with Crippen molar-refractivity contribution in [3.8, 4) is 28.4 Å². The van der Waals surface area contributed by atoms with E-state index in [4.69, 9.17) is 18.6 Å². The zero-order chi connectivity index (χ0) is 27.5. The van der Waals surface area contributed by atoms with E-state index in [1.807, 2.05) is 22.8 Å². The minimum atomic E-state index is -0.661. The minimum Gasteiger partial charge on any atom is -0.497 e. The topological polar surface area (TPSA) is 97.0 Å². The maximum Gasteiger partial charge on any atom is 0.312 e. The Morgan fingerprint density at radius 3 is 2.58 bits per heavy atom. The highest BCUT2D eigenvalue weighted by molar-refractivity contribution is 5.95. The van der Waals surface area contributed by atoms with Crippen LogP contribution in [0, 0.1) is 0 Å². The van der Waals surface area contributed by atoms with Crippen LogP contribution in [0.5, 0.6) is 17.2 Å². The second-order valence-electron chi connectivity index (χ2n) is 10.1. The summed E-state index contributed by atoms with van der Waals surface area (Å²) >= 11 is 0. The van der Waals surface area contributed by atoms with Gasteiger partial charge >= 0.3 is 5.97 Å². The quantitative estimate of drug-likeness (QED) is 0.231. The summed E-state index contributed by atoms with van der Waals surface area (Å²) in [5.74, 6) is -0.0222. The predicted molar refractivity (Wildman–Crippen MR) is 150 cm³/mol. The van der Waals surface area contributed by atoms with Crippen molar-refractivity contribution < 1.29 is 23.4 Å². The lowest BCUT2D eigenvalue weighted by atomic mass is 9.84. The molecular weight excluding hydrogens is 510 g/mol. The van der Waals surface area contributed by atoms with E-state index in [0.717, 1.165) is 29.3 Å². The predicted octanol–water partition coefficient (Wildman–Crippen LogP) is 5.18. The molecule has 200 valence electrons.